The van der Waals surface area contributed by atoms with Crippen LogP contribution in [0.1, 0.15) is 10.5 Å². The molecule has 0 bridgehead atoms. The molecule has 0 saturated carbocycles. The molecular formula is C18H18N4O2S. The predicted octanol–water partition coefficient (Wildman–Crippen LogP) is 3.02. The number of carbonyl (C=O) groups excluding carboxylic acids is 1. The molecule has 1 amide bonds. The van der Waals surface area contributed by atoms with E-state index in [9.17, 15) is 4.79 Å². The average Bonchev–Trinajstić information content (AvgIpc) is 3.35. The van der Waals surface area contributed by atoms with Gasteiger partial charge in [0.2, 0.25) is 0 Å². The van der Waals surface area contributed by atoms with E-state index in [-0.39, 0.29) is 5.91 Å². The maximum absolute atomic E-state index is 12.4. The van der Waals surface area contributed by atoms with Crippen LogP contribution in [0, 0.1) is 0 Å². The molecule has 7 heteroatoms. The molecule has 0 atom stereocenters. The lowest BCUT2D eigenvalue weighted by Crippen LogP contribution is -2.36. The van der Waals surface area contributed by atoms with Gasteiger partial charge in [-0.2, -0.15) is 0 Å². The number of rotatable bonds is 4. The molecule has 6 nitrogen and oxygen atoms in total. The molecule has 1 saturated heterocycles. The molecule has 0 spiro atoms. The maximum atomic E-state index is 12.4. The van der Waals surface area contributed by atoms with Gasteiger partial charge in [0.15, 0.2) is 5.13 Å². The van der Waals surface area contributed by atoms with Gasteiger partial charge in [-0.05, 0) is 36.4 Å². The molecule has 1 fully saturated rings. The molecule has 0 aliphatic carbocycles. The monoisotopic (exact) mass is 354 g/mol. The molecule has 25 heavy (non-hydrogen) atoms. The van der Waals surface area contributed by atoms with Crippen molar-refractivity contribution in [1.29, 1.82) is 0 Å². The summed E-state index contributed by atoms with van der Waals surface area (Å²) in [6.07, 6.45) is 3.82. The van der Waals surface area contributed by atoms with Crippen molar-refractivity contribution >= 4 is 28.6 Å². The summed E-state index contributed by atoms with van der Waals surface area (Å²) in [7, 11) is 0. The van der Waals surface area contributed by atoms with Crippen LogP contribution in [0.2, 0.25) is 0 Å². The summed E-state index contributed by atoms with van der Waals surface area (Å²) in [5.74, 6) is -0.200. The number of carbonyl (C=O) groups is 1. The van der Waals surface area contributed by atoms with E-state index in [4.69, 9.17) is 4.74 Å². The highest BCUT2D eigenvalue weighted by molar-refractivity contribution is 7.12. The molecule has 1 aromatic carbocycles. The molecule has 3 aromatic rings. The molecule has 128 valence electrons. The Kier molecular flexibility index (Phi) is 4.49. The number of hydrogen-bond donors (Lipinski definition) is 1. The number of hydrogen-bond acceptors (Lipinski definition) is 5. The Morgan fingerprint density at radius 2 is 1.84 bits per heavy atom. The zero-order chi connectivity index (χ0) is 17.1. The summed E-state index contributed by atoms with van der Waals surface area (Å²) < 4.78 is 7.26. The van der Waals surface area contributed by atoms with Gasteiger partial charge in [0.25, 0.3) is 5.91 Å². The van der Waals surface area contributed by atoms with Gasteiger partial charge in [0.1, 0.15) is 5.69 Å². The number of amides is 1. The van der Waals surface area contributed by atoms with Crippen molar-refractivity contribution in [3.05, 3.63) is 59.9 Å². The first-order valence-corrected chi connectivity index (χ1v) is 9.00. The van der Waals surface area contributed by atoms with Crippen molar-refractivity contribution in [1.82, 2.24) is 9.55 Å². The number of nitrogens with one attached hydrogen (secondary N) is 1. The lowest BCUT2D eigenvalue weighted by Gasteiger charge is -2.28. The van der Waals surface area contributed by atoms with Crippen LogP contribution in [0.3, 0.4) is 0 Å². The summed E-state index contributed by atoms with van der Waals surface area (Å²) in [6, 6.07) is 11.7. The second kappa shape index (κ2) is 7.08. The Bertz CT molecular complexity index is 836. The number of morpholine rings is 1. The number of anilines is 2. The fraction of sp³-hybridized carbons (Fsp3) is 0.222. The minimum atomic E-state index is -0.200. The van der Waals surface area contributed by atoms with Crippen LogP contribution in [-0.4, -0.2) is 41.8 Å². The van der Waals surface area contributed by atoms with Gasteiger partial charge >= 0.3 is 0 Å². The van der Waals surface area contributed by atoms with Crippen LogP contribution in [0.4, 0.5) is 11.4 Å². The first-order chi connectivity index (χ1) is 12.3. The van der Waals surface area contributed by atoms with Crippen LogP contribution in [0.15, 0.2) is 54.2 Å². The van der Waals surface area contributed by atoms with Crippen LogP contribution in [-0.2, 0) is 4.74 Å². The average molecular weight is 354 g/mol. The van der Waals surface area contributed by atoms with Crippen LogP contribution in [0.5, 0.6) is 0 Å². The van der Waals surface area contributed by atoms with E-state index >= 15 is 0 Å². The van der Waals surface area contributed by atoms with Crippen molar-refractivity contribution in [3.8, 4) is 5.13 Å². The lowest BCUT2D eigenvalue weighted by atomic mass is 10.2. The fourth-order valence-electron chi connectivity index (χ4n) is 2.72. The highest BCUT2D eigenvalue weighted by Crippen LogP contribution is 2.20. The SMILES string of the molecule is O=C(Nc1ccc(N2CCOCC2)cc1)c1csc(-n2cccc2)n1. The molecule has 0 unspecified atom stereocenters. The maximum Gasteiger partial charge on any atom is 0.275 e. The number of ether oxygens (including phenoxy) is 1. The molecule has 3 heterocycles. The van der Waals surface area contributed by atoms with Gasteiger partial charge in [-0.15, -0.1) is 11.3 Å². The van der Waals surface area contributed by atoms with E-state index < -0.39 is 0 Å². The van der Waals surface area contributed by atoms with E-state index in [1.54, 1.807) is 5.38 Å². The van der Waals surface area contributed by atoms with E-state index in [1.807, 2.05) is 53.4 Å². The van der Waals surface area contributed by atoms with E-state index in [0.29, 0.717) is 5.69 Å². The quantitative estimate of drug-likeness (QED) is 0.782. The molecule has 0 radical (unpaired) electrons. The highest BCUT2D eigenvalue weighted by atomic mass is 32.1. The van der Waals surface area contributed by atoms with Gasteiger partial charge in [-0.3, -0.25) is 4.79 Å². The summed E-state index contributed by atoms with van der Waals surface area (Å²) in [6.45, 7) is 3.30. The van der Waals surface area contributed by atoms with Crippen molar-refractivity contribution in [2.24, 2.45) is 0 Å². The van der Waals surface area contributed by atoms with Crippen LogP contribution >= 0.6 is 11.3 Å². The summed E-state index contributed by atoms with van der Waals surface area (Å²) in [5, 5.41) is 5.45. The smallest absolute Gasteiger partial charge is 0.275 e. The molecule has 2 aromatic heterocycles. The highest BCUT2D eigenvalue weighted by Gasteiger charge is 2.13. The Labute approximate surface area is 149 Å². The van der Waals surface area contributed by atoms with Crippen molar-refractivity contribution in [2.75, 3.05) is 36.5 Å². The number of thiazole rings is 1. The van der Waals surface area contributed by atoms with Gasteiger partial charge < -0.3 is 19.5 Å². The molecule has 1 aliphatic heterocycles. The van der Waals surface area contributed by atoms with Gasteiger partial charge in [0.05, 0.1) is 13.2 Å². The Balaban J connectivity index is 1.42. The summed E-state index contributed by atoms with van der Waals surface area (Å²) in [5.41, 5.74) is 2.33. The molecular weight excluding hydrogens is 336 g/mol. The van der Waals surface area contributed by atoms with E-state index in [1.165, 1.54) is 11.3 Å². The van der Waals surface area contributed by atoms with Gasteiger partial charge in [-0.25, -0.2) is 4.98 Å². The van der Waals surface area contributed by atoms with E-state index in [0.717, 1.165) is 42.8 Å². The van der Waals surface area contributed by atoms with Gasteiger partial charge in [-0.1, -0.05) is 0 Å². The molecule has 4 rings (SSSR count). The summed E-state index contributed by atoms with van der Waals surface area (Å²) in [4.78, 5) is 19.0. The van der Waals surface area contributed by atoms with E-state index in [2.05, 4.69) is 15.2 Å². The standard InChI is InChI=1S/C18H18N4O2S/c23-17(16-13-25-18(20-16)22-7-1-2-8-22)19-14-3-5-15(6-4-14)21-9-11-24-12-10-21/h1-8,13H,9-12H2,(H,19,23). The third-order valence-corrected chi connectivity index (χ3v) is 4.91. The van der Waals surface area contributed by atoms with Crippen molar-refractivity contribution in [2.45, 2.75) is 0 Å². The lowest BCUT2D eigenvalue weighted by molar-refractivity contribution is 0.102. The normalized spacial score (nSPS) is 14.5. The topological polar surface area (TPSA) is 59.4 Å². The summed E-state index contributed by atoms with van der Waals surface area (Å²) >= 11 is 1.44. The van der Waals surface area contributed by atoms with Crippen LogP contribution in [0.25, 0.3) is 5.13 Å². The van der Waals surface area contributed by atoms with Crippen LogP contribution < -0.4 is 10.2 Å². The number of aromatic nitrogens is 2. The minimum absolute atomic E-state index is 0.200. The van der Waals surface area contributed by atoms with Crippen molar-refractivity contribution < 1.29 is 9.53 Å². The molecule has 1 aliphatic rings. The second-order valence-corrected chi connectivity index (χ2v) is 6.54. The Morgan fingerprint density at radius 1 is 1.12 bits per heavy atom. The number of benzene rings is 1. The Morgan fingerprint density at radius 3 is 2.56 bits per heavy atom. The first-order valence-electron chi connectivity index (χ1n) is 8.12. The zero-order valence-corrected chi connectivity index (χ0v) is 14.4. The second-order valence-electron chi connectivity index (χ2n) is 5.71. The van der Waals surface area contributed by atoms with Crippen molar-refractivity contribution in [3.63, 3.8) is 0 Å². The first kappa shape index (κ1) is 15.9. The largest absolute Gasteiger partial charge is 0.378 e. The predicted molar refractivity (Wildman–Crippen MR) is 98.9 cm³/mol. The third-order valence-electron chi connectivity index (χ3n) is 4.05. The zero-order valence-electron chi connectivity index (χ0n) is 13.6. The fourth-order valence-corrected chi connectivity index (χ4v) is 3.49. The Hall–Kier alpha value is -2.64. The minimum Gasteiger partial charge on any atom is -0.378 e. The molecule has 1 N–H and O–H groups in total. The number of nitrogens with zero attached hydrogens (tertiary/aromatic N) is 3. The van der Waals surface area contributed by atoms with Gasteiger partial charge in [0, 0.05) is 42.2 Å². The third kappa shape index (κ3) is 3.57.